The summed E-state index contributed by atoms with van der Waals surface area (Å²) in [6.07, 6.45) is 0. The molecule has 3 rings (SSSR count). The topological polar surface area (TPSA) is 131 Å². The SMILES string of the molecule is COc1ccc([N+](=O)[O-])c(Cl)n1.COc1ccc([N+](=O)[O-])c(Sc2ccc(C)cc2)n1. The fraction of sp³-hybridized carbons (Fsp3) is 0.158. The van der Waals surface area contributed by atoms with Crippen molar-refractivity contribution in [1.29, 1.82) is 0 Å². The molecule has 0 bridgehead atoms. The maximum Gasteiger partial charge on any atom is 0.306 e. The van der Waals surface area contributed by atoms with E-state index in [9.17, 15) is 20.2 Å². The molecular weight excluding hydrogens is 448 g/mol. The summed E-state index contributed by atoms with van der Waals surface area (Å²) in [6.45, 7) is 1.99. The Morgan fingerprint density at radius 1 is 0.839 bits per heavy atom. The summed E-state index contributed by atoms with van der Waals surface area (Å²) in [4.78, 5) is 28.8. The van der Waals surface area contributed by atoms with Crippen LogP contribution in [0.1, 0.15) is 5.56 Å². The van der Waals surface area contributed by atoms with Crippen molar-refractivity contribution >= 4 is 34.7 Å². The monoisotopic (exact) mass is 464 g/mol. The van der Waals surface area contributed by atoms with Crippen molar-refractivity contribution in [3.05, 3.63) is 79.5 Å². The number of rotatable bonds is 6. The van der Waals surface area contributed by atoms with Crippen molar-refractivity contribution in [3.8, 4) is 11.8 Å². The molecule has 162 valence electrons. The lowest BCUT2D eigenvalue weighted by Crippen LogP contribution is -1.95. The molecule has 0 amide bonds. The Hall–Kier alpha value is -3.44. The zero-order chi connectivity index (χ0) is 23.0. The van der Waals surface area contributed by atoms with E-state index in [1.807, 2.05) is 31.2 Å². The lowest BCUT2D eigenvalue weighted by molar-refractivity contribution is -0.388. The third-order valence-corrected chi connectivity index (χ3v) is 4.95. The normalized spacial score (nSPS) is 9.94. The molecule has 0 unspecified atom stereocenters. The average Bonchev–Trinajstić information content (AvgIpc) is 2.75. The Kier molecular flexibility index (Phi) is 8.53. The van der Waals surface area contributed by atoms with Crippen LogP contribution in [0.15, 0.2) is 58.5 Å². The summed E-state index contributed by atoms with van der Waals surface area (Å²) >= 11 is 6.72. The molecule has 0 aliphatic carbocycles. The van der Waals surface area contributed by atoms with Crippen LogP contribution in [-0.2, 0) is 0 Å². The summed E-state index contributed by atoms with van der Waals surface area (Å²) in [6, 6.07) is 13.2. The number of pyridine rings is 2. The Bertz CT molecular complexity index is 1080. The van der Waals surface area contributed by atoms with E-state index < -0.39 is 9.85 Å². The maximum atomic E-state index is 11.0. The van der Waals surface area contributed by atoms with Crippen LogP contribution in [0.4, 0.5) is 11.4 Å². The molecule has 0 aliphatic rings. The summed E-state index contributed by atoms with van der Waals surface area (Å²) in [5, 5.41) is 21.4. The average molecular weight is 465 g/mol. The lowest BCUT2D eigenvalue weighted by atomic mass is 10.2. The van der Waals surface area contributed by atoms with Crippen molar-refractivity contribution in [2.24, 2.45) is 0 Å². The van der Waals surface area contributed by atoms with Crippen molar-refractivity contribution in [2.75, 3.05) is 14.2 Å². The largest absolute Gasteiger partial charge is 0.481 e. The molecule has 2 aromatic heterocycles. The fourth-order valence-corrected chi connectivity index (χ4v) is 3.22. The van der Waals surface area contributed by atoms with Crippen molar-refractivity contribution in [2.45, 2.75) is 16.8 Å². The van der Waals surface area contributed by atoms with Crippen molar-refractivity contribution in [1.82, 2.24) is 9.97 Å². The van der Waals surface area contributed by atoms with Gasteiger partial charge in [0.15, 0.2) is 5.03 Å². The van der Waals surface area contributed by atoms with Gasteiger partial charge in [-0.2, -0.15) is 9.97 Å². The smallest absolute Gasteiger partial charge is 0.306 e. The molecule has 2 heterocycles. The minimum Gasteiger partial charge on any atom is -0.481 e. The van der Waals surface area contributed by atoms with Gasteiger partial charge in [0.25, 0.3) is 0 Å². The van der Waals surface area contributed by atoms with Crippen LogP contribution >= 0.6 is 23.4 Å². The van der Waals surface area contributed by atoms with Gasteiger partial charge < -0.3 is 9.47 Å². The zero-order valence-corrected chi connectivity index (χ0v) is 18.2. The van der Waals surface area contributed by atoms with Gasteiger partial charge in [0, 0.05) is 29.2 Å². The Morgan fingerprint density at radius 2 is 1.35 bits per heavy atom. The van der Waals surface area contributed by atoms with Gasteiger partial charge >= 0.3 is 11.4 Å². The maximum absolute atomic E-state index is 11.0. The number of hydrogen-bond acceptors (Lipinski definition) is 9. The predicted octanol–water partition coefficient (Wildman–Crippen LogP) is 5.11. The van der Waals surface area contributed by atoms with E-state index in [-0.39, 0.29) is 22.4 Å². The second-order valence-corrected chi connectivity index (χ2v) is 7.19. The molecule has 0 saturated carbocycles. The first kappa shape index (κ1) is 23.8. The van der Waals surface area contributed by atoms with Gasteiger partial charge in [0.2, 0.25) is 16.9 Å². The number of hydrogen-bond donors (Lipinski definition) is 0. The van der Waals surface area contributed by atoms with Crippen LogP contribution < -0.4 is 9.47 Å². The number of aromatic nitrogens is 2. The summed E-state index contributed by atoms with van der Waals surface area (Å²) < 4.78 is 9.71. The Morgan fingerprint density at radius 3 is 1.84 bits per heavy atom. The van der Waals surface area contributed by atoms with Gasteiger partial charge in [-0.15, -0.1) is 0 Å². The first-order valence-corrected chi connectivity index (χ1v) is 9.73. The molecule has 0 atom stereocenters. The van der Waals surface area contributed by atoms with Crippen LogP contribution in [0.5, 0.6) is 11.8 Å². The minimum absolute atomic E-state index is 0.0219. The highest BCUT2D eigenvalue weighted by atomic mass is 35.5. The van der Waals surface area contributed by atoms with E-state index in [1.54, 1.807) is 0 Å². The molecule has 1 aromatic carbocycles. The quantitative estimate of drug-likeness (QED) is 0.277. The molecule has 0 fully saturated rings. The number of benzene rings is 1. The molecule has 31 heavy (non-hydrogen) atoms. The molecule has 0 N–H and O–H groups in total. The van der Waals surface area contributed by atoms with Gasteiger partial charge in [-0.3, -0.25) is 20.2 Å². The van der Waals surface area contributed by atoms with Crippen LogP contribution in [0.25, 0.3) is 0 Å². The van der Waals surface area contributed by atoms with Crippen LogP contribution in [0, 0.1) is 27.2 Å². The lowest BCUT2D eigenvalue weighted by Gasteiger charge is -2.04. The zero-order valence-electron chi connectivity index (χ0n) is 16.6. The fourth-order valence-electron chi connectivity index (χ4n) is 2.12. The van der Waals surface area contributed by atoms with Crippen LogP contribution in [0.2, 0.25) is 5.15 Å². The van der Waals surface area contributed by atoms with E-state index in [0.29, 0.717) is 10.9 Å². The molecular formula is C19H17ClN4O6S. The van der Waals surface area contributed by atoms with Gasteiger partial charge in [-0.25, -0.2) is 0 Å². The molecule has 0 aliphatic heterocycles. The number of nitrogens with zero attached hydrogens (tertiary/aromatic N) is 4. The second kappa shape index (κ2) is 11.1. The molecule has 10 nitrogen and oxygen atoms in total. The molecule has 0 spiro atoms. The van der Waals surface area contributed by atoms with Gasteiger partial charge in [0.1, 0.15) is 0 Å². The number of halogens is 1. The van der Waals surface area contributed by atoms with E-state index >= 15 is 0 Å². The number of aryl methyl sites for hydroxylation is 1. The van der Waals surface area contributed by atoms with Crippen molar-refractivity contribution in [3.63, 3.8) is 0 Å². The highest BCUT2D eigenvalue weighted by Gasteiger charge is 2.17. The third-order valence-electron chi connectivity index (χ3n) is 3.67. The van der Waals surface area contributed by atoms with E-state index in [1.165, 1.54) is 50.2 Å². The molecule has 0 radical (unpaired) electrons. The van der Waals surface area contributed by atoms with E-state index in [0.717, 1.165) is 10.5 Å². The first-order valence-electron chi connectivity index (χ1n) is 8.54. The standard InChI is InChI=1S/C13H12N2O3S.C6H5ClN2O3/c1-9-3-5-10(6-4-9)19-13-11(15(16)17)7-8-12(14-13)18-2;1-12-5-3-2-4(9(10)11)6(7)8-5/h3-8H,1-2H3;2-3H,1H3. The number of ether oxygens (including phenoxy) is 2. The summed E-state index contributed by atoms with van der Waals surface area (Å²) in [5.74, 6) is 0.616. The first-order chi connectivity index (χ1) is 14.7. The van der Waals surface area contributed by atoms with Crippen molar-refractivity contribution < 1.29 is 19.3 Å². The number of nitro groups is 2. The molecule has 12 heteroatoms. The van der Waals surface area contributed by atoms with Gasteiger partial charge in [-0.05, 0) is 19.1 Å². The van der Waals surface area contributed by atoms with Gasteiger partial charge in [0.05, 0.1) is 24.1 Å². The van der Waals surface area contributed by atoms with Gasteiger partial charge in [-0.1, -0.05) is 41.1 Å². The van der Waals surface area contributed by atoms with Crippen LogP contribution in [-0.4, -0.2) is 34.0 Å². The predicted molar refractivity (Wildman–Crippen MR) is 115 cm³/mol. The van der Waals surface area contributed by atoms with Crippen LogP contribution in [0.3, 0.4) is 0 Å². The number of methoxy groups -OCH3 is 2. The highest BCUT2D eigenvalue weighted by Crippen LogP contribution is 2.34. The third kappa shape index (κ3) is 6.79. The van der Waals surface area contributed by atoms with E-state index in [2.05, 4.69) is 9.97 Å². The Labute approximate surface area is 186 Å². The molecule has 0 saturated heterocycles. The minimum atomic E-state index is -0.602. The second-order valence-electron chi connectivity index (χ2n) is 5.77. The summed E-state index contributed by atoms with van der Waals surface area (Å²) in [7, 11) is 2.89. The Balaban J connectivity index is 0.000000245. The molecule has 3 aromatic rings. The highest BCUT2D eigenvalue weighted by molar-refractivity contribution is 7.99. The van der Waals surface area contributed by atoms with E-state index in [4.69, 9.17) is 21.1 Å². The summed E-state index contributed by atoms with van der Waals surface area (Å²) in [5.41, 5.74) is 0.890.